The lowest BCUT2D eigenvalue weighted by Crippen LogP contribution is -2.43. The summed E-state index contributed by atoms with van der Waals surface area (Å²) in [4.78, 5) is 12.6. The standard InChI is InChI=1S/C18H23BrO2/c19-16-6-4-14(5-7-16)12-17(20)15-8-11-21-18(13-15)9-2-1-3-10-18/h4-7,15H,1-3,8-13H2. The van der Waals surface area contributed by atoms with Gasteiger partial charge in [-0.05, 0) is 43.4 Å². The minimum Gasteiger partial charge on any atom is -0.375 e. The maximum atomic E-state index is 12.6. The zero-order valence-corrected chi connectivity index (χ0v) is 14.0. The van der Waals surface area contributed by atoms with E-state index >= 15 is 0 Å². The molecule has 0 radical (unpaired) electrons. The summed E-state index contributed by atoms with van der Waals surface area (Å²) in [5.74, 6) is 0.589. The number of halogens is 1. The Kier molecular flexibility index (Phi) is 4.80. The quantitative estimate of drug-likeness (QED) is 0.790. The number of rotatable bonds is 3. The van der Waals surface area contributed by atoms with E-state index in [0.29, 0.717) is 12.2 Å². The molecule has 2 aliphatic rings. The topological polar surface area (TPSA) is 26.3 Å². The highest BCUT2D eigenvalue weighted by atomic mass is 79.9. The van der Waals surface area contributed by atoms with Gasteiger partial charge in [0, 0.05) is 23.4 Å². The Labute approximate surface area is 135 Å². The first kappa shape index (κ1) is 15.2. The fraction of sp³-hybridized carbons (Fsp3) is 0.611. The molecule has 1 unspecified atom stereocenters. The molecule has 114 valence electrons. The van der Waals surface area contributed by atoms with Crippen molar-refractivity contribution < 1.29 is 9.53 Å². The predicted octanol–water partition coefficient (Wildman–Crippen LogP) is 4.69. The molecule has 21 heavy (non-hydrogen) atoms. The van der Waals surface area contributed by atoms with Crippen LogP contribution in [0.2, 0.25) is 0 Å². The van der Waals surface area contributed by atoms with Crippen LogP contribution in [0.4, 0.5) is 0 Å². The van der Waals surface area contributed by atoms with Crippen LogP contribution in [0.3, 0.4) is 0 Å². The van der Waals surface area contributed by atoms with Crippen LogP contribution in [0.5, 0.6) is 0 Å². The zero-order valence-electron chi connectivity index (χ0n) is 12.4. The Bertz CT molecular complexity index is 483. The van der Waals surface area contributed by atoms with E-state index in [9.17, 15) is 4.79 Å². The summed E-state index contributed by atoms with van der Waals surface area (Å²) >= 11 is 3.43. The van der Waals surface area contributed by atoms with Crippen LogP contribution in [0.25, 0.3) is 0 Å². The second kappa shape index (κ2) is 6.62. The van der Waals surface area contributed by atoms with Crippen molar-refractivity contribution in [2.24, 2.45) is 5.92 Å². The molecule has 0 amide bonds. The molecule has 0 aromatic heterocycles. The maximum Gasteiger partial charge on any atom is 0.140 e. The average Bonchev–Trinajstić information content (AvgIpc) is 2.50. The fourth-order valence-corrected chi connectivity index (χ4v) is 4.06. The van der Waals surface area contributed by atoms with E-state index < -0.39 is 0 Å². The number of hydrogen-bond acceptors (Lipinski definition) is 2. The molecule has 1 aromatic rings. The third-order valence-electron chi connectivity index (χ3n) is 5.00. The molecule has 1 aliphatic carbocycles. The van der Waals surface area contributed by atoms with Crippen molar-refractivity contribution in [2.45, 2.75) is 57.0 Å². The van der Waals surface area contributed by atoms with Crippen LogP contribution < -0.4 is 0 Å². The molecule has 1 saturated heterocycles. The lowest BCUT2D eigenvalue weighted by Gasteiger charge is -2.43. The third kappa shape index (κ3) is 3.75. The summed E-state index contributed by atoms with van der Waals surface area (Å²) in [6.45, 7) is 0.761. The number of hydrogen-bond donors (Lipinski definition) is 0. The van der Waals surface area contributed by atoms with Crippen molar-refractivity contribution in [3.05, 3.63) is 34.3 Å². The molecule has 1 saturated carbocycles. The molecule has 1 aromatic carbocycles. The number of ether oxygens (including phenoxy) is 1. The number of benzene rings is 1. The van der Waals surface area contributed by atoms with E-state index in [1.807, 2.05) is 24.3 Å². The van der Waals surface area contributed by atoms with Crippen molar-refractivity contribution in [3.8, 4) is 0 Å². The molecular weight excluding hydrogens is 328 g/mol. The van der Waals surface area contributed by atoms with Gasteiger partial charge >= 0.3 is 0 Å². The Morgan fingerprint density at radius 1 is 1.19 bits per heavy atom. The van der Waals surface area contributed by atoms with Gasteiger partial charge in [-0.25, -0.2) is 0 Å². The van der Waals surface area contributed by atoms with E-state index in [1.54, 1.807) is 0 Å². The van der Waals surface area contributed by atoms with Gasteiger partial charge in [-0.3, -0.25) is 4.79 Å². The first-order chi connectivity index (χ1) is 10.2. The van der Waals surface area contributed by atoms with Crippen molar-refractivity contribution in [2.75, 3.05) is 6.61 Å². The SMILES string of the molecule is O=C(Cc1ccc(Br)cc1)C1CCOC2(CCCCC2)C1. The molecule has 1 heterocycles. The Morgan fingerprint density at radius 2 is 1.90 bits per heavy atom. The summed E-state index contributed by atoms with van der Waals surface area (Å²) < 4.78 is 7.16. The Morgan fingerprint density at radius 3 is 2.62 bits per heavy atom. The predicted molar refractivity (Wildman–Crippen MR) is 87.3 cm³/mol. The third-order valence-corrected chi connectivity index (χ3v) is 5.53. The van der Waals surface area contributed by atoms with E-state index in [2.05, 4.69) is 15.9 Å². The van der Waals surface area contributed by atoms with Gasteiger partial charge in [0.2, 0.25) is 0 Å². The summed E-state index contributed by atoms with van der Waals surface area (Å²) in [6, 6.07) is 8.10. The van der Waals surface area contributed by atoms with Crippen LogP contribution in [-0.2, 0) is 16.0 Å². The van der Waals surface area contributed by atoms with Gasteiger partial charge in [-0.1, -0.05) is 47.3 Å². The lowest BCUT2D eigenvalue weighted by molar-refractivity contribution is -0.142. The van der Waals surface area contributed by atoms with Crippen LogP contribution in [-0.4, -0.2) is 18.0 Å². The minimum atomic E-state index is 0.0243. The summed E-state index contributed by atoms with van der Waals surface area (Å²) in [5.41, 5.74) is 1.14. The van der Waals surface area contributed by atoms with Gasteiger partial charge in [0.15, 0.2) is 0 Å². The van der Waals surface area contributed by atoms with Crippen molar-refractivity contribution in [3.63, 3.8) is 0 Å². The second-order valence-electron chi connectivity index (χ2n) is 6.55. The number of ketones is 1. The second-order valence-corrected chi connectivity index (χ2v) is 7.47. The van der Waals surface area contributed by atoms with Gasteiger partial charge < -0.3 is 4.74 Å². The largest absolute Gasteiger partial charge is 0.375 e. The highest BCUT2D eigenvalue weighted by Crippen LogP contribution is 2.41. The molecule has 2 nitrogen and oxygen atoms in total. The highest BCUT2D eigenvalue weighted by molar-refractivity contribution is 9.10. The summed E-state index contributed by atoms with van der Waals surface area (Å²) in [7, 11) is 0. The monoisotopic (exact) mass is 350 g/mol. The van der Waals surface area contributed by atoms with Crippen LogP contribution in [0, 0.1) is 5.92 Å². The minimum absolute atomic E-state index is 0.0243. The fourth-order valence-electron chi connectivity index (χ4n) is 3.79. The van der Waals surface area contributed by atoms with E-state index in [4.69, 9.17) is 4.74 Å². The Balaban J connectivity index is 1.62. The van der Waals surface area contributed by atoms with Crippen molar-refractivity contribution in [1.82, 2.24) is 0 Å². The number of Topliss-reactive ketones (excluding diaryl/α,β-unsaturated/α-hetero) is 1. The molecule has 3 heteroatoms. The van der Waals surface area contributed by atoms with Gasteiger partial charge in [-0.15, -0.1) is 0 Å². The average molecular weight is 351 g/mol. The number of carbonyl (C=O) groups is 1. The van der Waals surface area contributed by atoms with Crippen LogP contribution in [0.1, 0.15) is 50.5 Å². The molecular formula is C18H23BrO2. The molecule has 2 fully saturated rings. The normalized spacial score (nSPS) is 24.9. The maximum absolute atomic E-state index is 12.6. The first-order valence-corrected chi connectivity index (χ1v) is 8.87. The van der Waals surface area contributed by atoms with E-state index in [1.165, 1.54) is 19.3 Å². The van der Waals surface area contributed by atoms with Crippen LogP contribution >= 0.6 is 15.9 Å². The van der Waals surface area contributed by atoms with E-state index in [0.717, 1.165) is 42.3 Å². The van der Waals surface area contributed by atoms with Gasteiger partial charge in [0.25, 0.3) is 0 Å². The molecule has 0 N–H and O–H groups in total. The molecule has 1 atom stereocenters. The Hall–Kier alpha value is -0.670. The lowest BCUT2D eigenvalue weighted by atomic mass is 9.74. The highest BCUT2D eigenvalue weighted by Gasteiger charge is 2.40. The smallest absolute Gasteiger partial charge is 0.140 e. The summed E-state index contributed by atoms with van der Waals surface area (Å²) in [5, 5.41) is 0. The molecule has 3 rings (SSSR count). The first-order valence-electron chi connectivity index (χ1n) is 8.08. The van der Waals surface area contributed by atoms with Crippen molar-refractivity contribution >= 4 is 21.7 Å². The van der Waals surface area contributed by atoms with E-state index in [-0.39, 0.29) is 11.5 Å². The summed E-state index contributed by atoms with van der Waals surface area (Å²) in [6.07, 6.45) is 8.54. The zero-order chi connectivity index (χ0) is 14.7. The van der Waals surface area contributed by atoms with Crippen molar-refractivity contribution in [1.29, 1.82) is 0 Å². The number of carbonyl (C=O) groups excluding carboxylic acids is 1. The van der Waals surface area contributed by atoms with Gasteiger partial charge in [0.1, 0.15) is 5.78 Å². The van der Waals surface area contributed by atoms with Gasteiger partial charge in [-0.2, -0.15) is 0 Å². The van der Waals surface area contributed by atoms with Crippen LogP contribution in [0.15, 0.2) is 28.7 Å². The molecule has 0 bridgehead atoms. The molecule has 1 spiro atoms. The van der Waals surface area contributed by atoms with Gasteiger partial charge in [0.05, 0.1) is 5.60 Å². The molecule has 1 aliphatic heterocycles.